The van der Waals surface area contributed by atoms with E-state index in [2.05, 4.69) is 11.4 Å². The summed E-state index contributed by atoms with van der Waals surface area (Å²) in [6.45, 7) is 10.8. The molecule has 1 aromatic rings. The summed E-state index contributed by atoms with van der Waals surface area (Å²) in [5.74, 6) is -0.320. The van der Waals surface area contributed by atoms with Gasteiger partial charge in [0.15, 0.2) is 0 Å². The van der Waals surface area contributed by atoms with Crippen molar-refractivity contribution in [1.29, 1.82) is 0 Å². The van der Waals surface area contributed by atoms with Gasteiger partial charge in [0.05, 0.1) is 19.6 Å². The van der Waals surface area contributed by atoms with E-state index in [0.717, 1.165) is 27.8 Å². The molecule has 0 spiro atoms. The molecule has 0 saturated heterocycles. The molecule has 0 aliphatic heterocycles. The van der Waals surface area contributed by atoms with Gasteiger partial charge in [-0.05, 0) is 62.1 Å². The first-order chi connectivity index (χ1) is 9.83. The van der Waals surface area contributed by atoms with Gasteiger partial charge in [-0.15, -0.1) is 0 Å². The summed E-state index contributed by atoms with van der Waals surface area (Å²) in [5.41, 5.74) is 5.39. The average Bonchev–Trinajstić information content (AvgIpc) is 2.44. The molecule has 1 aromatic carbocycles. The van der Waals surface area contributed by atoms with Crippen molar-refractivity contribution in [2.45, 2.75) is 53.2 Å². The van der Waals surface area contributed by atoms with Crippen molar-refractivity contribution < 1.29 is 14.6 Å². The molecule has 0 saturated carbocycles. The third kappa shape index (κ3) is 4.05. The number of aliphatic hydroxyl groups is 1. The van der Waals surface area contributed by atoms with Gasteiger partial charge in [0.2, 0.25) is 0 Å². The van der Waals surface area contributed by atoms with Gasteiger partial charge in [0.25, 0.3) is 0 Å². The topological polar surface area (TPSA) is 58.6 Å². The molecule has 4 nitrogen and oxygen atoms in total. The Morgan fingerprint density at radius 3 is 2.19 bits per heavy atom. The highest BCUT2D eigenvalue weighted by Crippen LogP contribution is 2.30. The van der Waals surface area contributed by atoms with Gasteiger partial charge in [0.1, 0.15) is 0 Å². The molecule has 0 bridgehead atoms. The highest BCUT2D eigenvalue weighted by molar-refractivity contribution is 5.70. The van der Waals surface area contributed by atoms with Gasteiger partial charge >= 0.3 is 5.97 Å². The van der Waals surface area contributed by atoms with Gasteiger partial charge in [-0.1, -0.05) is 13.0 Å². The number of nitrogens with one attached hydrogen (secondary N) is 1. The molecule has 0 amide bonds. The molecule has 0 radical (unpaired) electrons. The third-order valence-corrected chi connectivity index (χ3v) is 4.18. The number of carbonyl (C=O) groups excluding carboxylic acids is 1. The first kappa shape index (κ1) is 17.7. The second kappa shape index (κ2) is 7.57. The van der Waals surface area contributed by atoms with Crippen LogP contribution in [-0.4, -0.2) is 30.8 Å². The molecule has 2 atom stereocenters. The van der Waals surface area contributed by atoms with Crippen LogP contribution in [0.15, 0.2) is 6.07 Å². The van der Waals surface area contributed by atoms with Crippen LogP contribution in [-0.2, 0) is 9.53 Å². The largest absolute Gasteiger partial charge is 0.469 e. The smallest absolute Gasteiger partial charge is 0.307 e. The molecule has 0 aliphatic rings. The minimum Gasteiger partial charge on any atom is -0.469 e. The van der Waals surface area contributed by atoms with Crippen LogP contribution < -0.4 is 5.32 Å². The van der Waals surface area contributed by atoms with Crippen molar-refractivity contribution in [1.82, 2.24) is 5.32 Å². The van der Waals surface area contributed by atoms with Crippen LogP contribution in [0.2, 0.25) is 0 Å². The summed E-state index contributed by atoms with van der Waals surface area (Å²) in [6.07, 6.45) is -0.583. The van der Waals surface area contributed by atoms with Crippen molar-refractivity contribution in [3.8, 4) is 0 Å². The minimum atomic E-state index is -0.734. The summed E-state index contributed by atoms with van der Waals surface area (Å²) in [6, 6.07) is 1.78. The van der Waals surface area contributed by atoms with E-state index < -0.39 is 6.10 Å². The summed E-state index contributed by atoms with van der Waals surface area (Å²) < 4.78 is 4.73. The van der Waals surface area contributed by atoms with Gasteiger partial charge in [-0.2, -0.15) is 0 Å². The molecule has 0 aliphatic carbocycles. The van der Waals surface area contributed by atoms with Crippen molar-refractivity contribution >= 4 is 5.97 Å². The number of benzene rings is 1. The predicted molar refractivity (Wildman–Crippen MR) is 84.4 cm³/mol. The predicted octanol–water partition coefficient (Wildman–Crippen LogP) is 2.49. The Morgan fingerprint density at radius 1 is 1.24 bits per heavy atom. The number of carbonyl (C=O) groups is 1. The van der Waals surface area contributed by atoms with Crippen molar-refractivity contribution in [3.05, 3.63) is 33.9 Å². The molecule has 2 N–H and O–H groups in total. The Balaban J connectivity index is 3.20. The quantitative estimate of drug-likeness (QED) is 0.791. The monoisotopic (exact) mass is 293 g/mol. The van der Waals surface area contributed by atoms with Gasteiger partial charge in [0, 0.05) is 6.04 Å². The SMILES string of the molecule is CCNC(CC(=O)OC)C(O)c1c(C)c(C)cc(C)c1C. The number of rotatable bonds is 6. The van der Waals surface area contributed by atoms with E-state index >= 15 is 0 Å². The summed E-state index contributed by atoms with van der Waals surface area (Å²) in [7, 11) is 1.37. The van der Waals surface area contributed by atoms with E-state index in [9.17, 15) is 9.90 Å². The van der Waals surface area contributed by atoms with E-state index in [1.54, 1.807) is 0 Å². The van der Waals surface area contributed by atoms with Crippen LogP contribution in [0.25, 0.3) is 0 Å². The van der Waals surface area contributed by atoms with E-state index in [0.29, 0.717) is 6.54 Å². The number of aliphatic hydroxyl groups excluding tert-OH is 1. The number of methoxy groups -OCH3 is 1. The van der Waals surface area contributed by atoms with Gasteiger partial charge in [-0.3, -0.25) is 4.79 Å². The zero-order chi connectivity index (χ0) is 16.2. The second-order valence-corrected chi connectivity index (χ2v) is 5.56. The zero-order valence-corrected chi connectivity index (χ0v) is 13.9. The fraction of sp³-hybridized carbons (Fsp3) is 0.588. The molecular weight excluding hydrogens is 266 g/mol. The molecule has 1 rings (SSSR count). The van der Waals surface area contributed by atoms with Crippen molar-refractivity contribution in [2.24, 2.45) is 0 Å². The number of hydrogen-bond donors (Lipinski definition) is 2. The van der Waals surface area contributed by atoms with E-state index in [1.807, 2.05) is 34.6 Å². The Morgan fingerprint density at radius 2 is 1.76 bits per heavy atom. The third-order valence-electron chi connectivity index (χ3n) is 4.18. The van der Waals surface area contributed by atoms with Crippen LogP contribution in [0, 0.1) is 27.7 Å². The number of esters is 1. The van der Waals surface area contributed by atoms with Crippen LogP contribution >= 0.6 is 0 Å². The Bertz CT molecular complexity index is 485. The lowest BCUT2D eigenvalue weighted by Gasteiger charge is -2.27. The Hall–Kier alpha value is -1.39. The maximum absolute atomic E-state index is 11.6. The number of likely N-dealkylation sites (N-methyl/N-ethyl adjacent to an activating group) is 1. The lowest BCUT2D eigenvalue weighted by atomic mass is 9.87. The summed E-state index contributed by atoms with van der Waals surface area (Å²) >= 11 is 0. The normalized spacial score (nSPS) is 13.9. The molecule has 0 aromatic heterocycles. The first-order valence-electron chi connectivity index (χ1n) is 7.39. The van der Waals surface area contributed by atoms with E-state index in [1.165, 1.54) is 7.11 Å². The summed E-state index contributed by atoms with van der Waals surface area (Å²) in [4.78, 5) is 11.6. The van der Waals surface area contributed by atoms with E-state index in [-0.39, 0.29) is 18.4 Å². The summed E-state index contributed by atoms with van der Waals surface area (Å²) in [5, 5.41) is 14.0. The Kier molecular flexibility index (Phi) is 6.37. The van der Waals surface area contributed by atoms with E-state index in [4.69, 9.17) is 4.74 Å². The number of aryl methyl sites for hydroxylation is 2. The van der Waals surface area contributed by atoms with Crippen molar-refractivity contribution in [2.75, 3.05) is 13.7 Å². The highest BCUT2D eigenvalue weighted by atomic mass is 16.5. The molecular formula is C17H27NO3. The number of ether oxygens (including phenoxy) is 1. The van der Waals surface area contributed by atoms with Crippen LogP contribution in [0.3, 0.4) is 0 Å². The lowest BCUT2D eigenvalue weighted by Crippen LogP contribution is -2.37. The minimum absolute atomic E-state index is 0.150. The molecule has 21 heavy (non-hydrogen) atoms. The molecule has 118 valence electrons. The maximum atomic E-state index is 11.6. The second-order valence-electron chi connectivity index (χ2n) is 5.56. The molecule has 4 heteroatoms. The number of hydrogen-bond acceptors (Lipinski definition) is 4. The van der Waals surface area contributed by atoms with Crippen LogP contribution in [0.5, 0.6) is 0 Å². The highest BCUT2D eigenvalue weighted by Gasteiger charge is 2.26. The Labute approximate surface area is 127 Å². The fourth-order valence-corrected chi connectivity index (χ4v) is 2.71. The first-order valence-corrected chi connectivity index (χ1v) is 7.39. The average molecular weight is 293 g/mol. The molecule has 2 unspecified atom stereocenters. The molecule has 0 fully saturated rings. The van der Waals surface area contributed by atoms with Crippen LogP contribution in [0.1, 0.15) is 47.3 Å². The van der Waals surface area contributed by atoms with Gasteiger partial charge in [-0.25, -0.2) is 0 Å². The standard InChI is InChI=1S/C17H27NO3/c1-7-18-14(9-15(19)21-6)17(20)16-12(4)10(2)8-11(3)13(16)5/h8,14,17-18,20H,7,9H2,1-6H3. The molecule has 0 heterocycles. The van der Waals surface area contributed by atoms with Gasteiger partial charge < -0.3 is 15.2 Å². The maximum Gasteiger partial charge on any atom is 0.307 e. The fourth-order valence-electron chi connectivity index (χ4n) is 2.71. The van der Waals surface area contributed by atoms with Crippen molar-refractivity contribution in [3.63, 3.8) is 0 Å². The van der Waals surface area contributed by atoms with Crippen LogP contribution in [0.4, 0.5) is 0 Å². The lowest BCUT2D eigenvalue weighted by molar-refractivity contribution is -0.142. The zero-order valence-electron chi connectivity index (χ0n) is 13.9.